The van der Waals surface area contributed by atoms with E-state index in [9.17, 15) is 9.59 Å². The minimum Gasteiger partial charge on any atom is -0.496 e. The van der Waals surface area contributed by atoms with E-state index in [1.807, 2.05) is 28.8 Å². The molecule has 9 heteroatoms. The van der Waals surface area contributed by atoms with E-state index in [1.165, 1.54) is 18.9 Å². The molecule has 0 saturated heterocycles. The minimum absolute atomic E-state index is 0.0801. The standard InChI is InChI=1S/C22H22N4O4S/c1-4-13-26-20(16-10-6-8-12-18(16)29-2)24-25-22(26)31-14-19(27)23-17-11-7-5-9-15(17)21(28)30-3/h4-12H,1,13-14H2,2-3H3,(H,23,27). The maximum atomic E-state index is 12.5. The van der Waals surface area contributed by atoms with E-state index in [1.54, 1.807) is 37.5 Å². The zero-order valence-corrected chi connectivity index (χ0v) is 18.0. The Morgan fingerprint density at radius 3 is 2.61 bits per heavy atom. The summed E-state index contributed by atoms with van der Waals surface area (Å²) in [7, 11) is 2.89. The number of amides is 1. The predicted molar refractivity (Wildman–Crippen MR) is 119 cm³/mol. The predicted octanol–water partition coefficient (Wildman–Crippen LogP) is 3.66. The van der Waals surface area contributed by atoms with E-state index in [0.717, 1.165) is 5.56 Å². The van der Waals surface area contributed by atoms with E-state index < -0.39 is 5.97 Å². The number of nitrogens with one attached hydrogen (secondary N) is 1. The highest BCUT2D eigenvalue weighted by Crippen LogP contribution is 2.31. The first kappa shape index (κ1) is 22.1. The van der Waals surface area contributed by atoms with E-state index >= 15 is 0 Å². The molecule has 3 rings (SSSR count). The molecule has 0 aliphatic heterocycles. The molecule has 1 N–H and O–H groups in total. The normalized spacial score (nSPS) is 10.4. The SMILES string of the molecule is C=CCn1c(SCC(=O)Nc2ccccc2C(=O)OC)nnc1-c1ccccc1OC. The number of thioether (sulfide) groups is 1. The molecule has 31 heavy (non-hydrogen) atoms. The quantitative estimate of drug-likeness (QED) is 0.309. The highest BCUT2D eigenvalue weighted by Gasteiger charge is 2.18. The van der Waals surface area contributed by atoms with Crippen LogP contribution in [0.3, 0.4) is 0 Å². The van der Waals surface area contributed by atoms with Gasteiger partial charge in [-0.2, -0.15) is 0 Å². The molecular weight excluding hydrogens is 416 g/mol. The molecule has 0 saturated carbocycles. The van der Waals surface area contributed by atoms with Crippen LogP contribution in [0.5, 0.6) is 5.75 Å². The second-order valence-electron chi connectivity index (χ2n) is 6.28. The number of methoxy groups -OCH3 is 2. The average Bonchev–Trinajstić information content (AvgIpc) is 3.20. The van der Waals surface area contributed by atoms with Crippen molar-refractivity contribution in [3.05, 3.63) is 66.7 Å². The molecular formula is C22H22N4O4S. The lowest BCUT2D eigenvalue weighted by Gasteiger charge is -2.11. The van der Waals surface area contributed by atoms with E-state index in [4.69, 9.17) is 9.47 Å². The van der Waals surface area contributed by atoms with E-state index in [-0.39, 0.29) is 17.2 Å². The Morgan fingerprint density at radius 1 is 1.13 bits per heavy atom. The fourth-order valence-electron chi connectivity index (χ4n) is 2.91. The highest BCUT2D eigenvalue weighted by atomic mass is 32.2. The molecule has 160 valence electrons. The molecule has 0 unspecified atom stereocenters. The Bertz CT molecular complexity index is 1100. The van der Waals surface area contributed by atoms with Crippen LogP contribution < -0.4 is 10.1 Å². The number of carbonyl (C=O) groups excluding carboxylic acids is 2. The zero-order chi connectivity index (χ0) is 22.2. The summed E-state index contributed by atoms with van der Waals surface area (Å²) in [4.78, 5) is 24.4. The number of esters is 1. The van der Waals surface area contributed by atoms with Gasteiger partial charge in [-0.1, -0.05) is 42.1 Å². The van der Waals surface area contributed by atoms with Gasteiger partial charge in [0, 0.05) is 6.54 Å². The van der Waals surface area contributed by atoms with Crippen molar-refractivity contribution in [2.24, 2.45) is 0 Å². The fourth-order valence-corrected chi connectivity index (χ4v) is 3.66. The number of anilines is 1. The number of allylic oxidation sites excluding steroid dienone is 1. The molecule has 0 aliphatic carbocycles. The van der Waals surface area contributed by atoms with Crippen LogP contribution >= 0.6 is 11.8 Å². The molecule has 0 bridgehead atoms. The number of hydrogen-bond donors (Lipinski definition) is 1. The largest absolute Gasteiger partial charge is 0.496 e. The number of ether oxygens (including phenoxy) is 2. The summed E-state index contributed by atoms with van der Waals surface area (Å²) in [5, 5.41) is 11.9. The van der Waals surface area contributed by atoms with Crippen LogP contribution in [-0.4, -0.2) is 46.6 Å². The zero-order valence-electron chi connectivity index (χ0n) is 17.2. The van der Waals surface area contributed by atoms with Gasteiger partial charge in [-0.3, -0.25) is 9.36 Å². The number of nitrogens with zero attached hydrogens (tertiary/aromatic N) is 3. The molecule has 1 amide bonds. The Kier molecular flexibility index (Phi) is 7.45. The molecule has 2 aromatic carbocycles. The number of hydrogen-bond acceptors (Lipinski definition) is 7. The van der Waals surface area contributed by atoms with Crippen molar-refractivity contribution in [3.8, 4) is 17.1 Å². The summed E-state index contributed by atoms with van der Waals surface area (Å²) < 4.78 is 12.1. The Morgan fingerprint density at radius 2 is 1.87 bits per heavy atom. The Hall–Kier alpha value is -3.59. The summed E-state index contributed by atoms with van der Waals surface area (Å²) in [5.74, 6) is 0.575. The van der Waals surface area contributed by atoms with Gasteiger partial charge in [-0.15, -0.1) is 16.8 Å². The van der Waals surface area contributed by atoms with Crippen LogP contribution in [0.2, 0.25) is 0 Å². The molecule has 0 fully saturated rings. The number of aromatic nitrogens is 3. The molecule has 0 atom stereocenters. The molecule has 1 heterocycles. The highest BCUT2D eigenvalue weighted by molar-refractivity contribution is 7.99. The maximum Gasteiger partial charge on any atom is 0.339 e. The number of benzene rings is 2. The van der Waals surface area contributed by atoms with Gasteiger partial charge in [-0.25, -0.2) is 4.79 Å². The van der Waals surface area contributed by atoms with Gasteiger partial charge in [0.1, 0.15) is 5.75 Å². The van der Waals surface area contributed by atoms with Crippen molar-refractivity contribution in [1.82, 2.24) is 14.8 Å². The van der Waals surface area contributed by atoms with Crippen molar-refractivity contribution in [3.63, 3.8) is 0 Å². The third kappa shape index (κ3) is 5.13. The molecule has 0 aliphatic rings. The van der Waals surface area contributed by atoms with Gasteiger partial charge in [0.2, 0.25) is 5.91 Å². The Labute approximate surface area is 184 Å². The van der Waals surface area contributed by atoms with Crippen LogP contribution in [0.15, 0.2) is 66.3 Å². The number of rotatable bonds is 9. The van der Waals surface area contributed by atoms with Gasteiger partial charge in [0.05, 0.1) is 36.8 Å². The fraction of sp³-hybridized carbons (Fsp3) is 0.182. The van der Waals surface area contributed by atoms with E-state index in [2.05, 4.69) is 22.1 Å². The molecule has 0 radical (unpaired) electrons. The van der Waals surface area contributed by atoms with Gasteiger partial charge in [0.15, 0.2) is 11.0 Å². The van der Waals surface area contributed by atoms with Crippen molar-refractivity contribution in [1.29, 1.82) is 0 Å². The lowest BCUT2D eigenvalue weighted by atomic mass is 10.2. The van der Waals surface area contributed by atoms with Crippen molar-refractivity contribution < 1.29 is 19.1 Å². The third-order valence-corrected chi connectivity index (χ3v) is 5.28. The van der Waals surface area contributed by atoms with E-state index in [0.29, 0.717) is 29.0 Å². The van der Waals surface area contributed by atoms with Gasteiger partial charge in [0.25, 0.3) is 0 Å². The van der Waals surface area contributed by atoms with Crippen molar-refractivity contribution in [2.45, 2.75) is 11.7 Å². The second-order valence-corrected chi connectivity index (χ2v) is 7.22. The van der Waals surface area contributed by atoms with Gasteiger partial charge in [-0.05, 0) is 24.3 Å². The minimum atomic E-state index is -0.518. The number of para-hydroxylation sites is 2. The first-order valence-corrected chi connectivity index (χ1v) is 10.3. The molecule has 0 spiro atoms. The van der Waals surface area contributed by atoms with Crippen LogP contribution in [-0.2, 0) is 16.1 Å². The lowest BCUT2D eigenvalue weighted by molar-refractivity contribution is -0.113. The van der Waals surface area contributed by atoms with Crippen molar-refractivity contribution >= 4 is 29.3 Å². The molecule has 1 aromatic heterocycles. The monoisotopic (exact) mass is 438 g/mol. The summed E-state index contributed by atoms with van der Waals surface area (Å²) in [6, 6.07) is 14.2. The summed E-state index contributed by atoms with van der Waals surface area (Å²) in [6.45, 7) is 4.27. The molecule has 3 aromatic rings. The van der Waals surface area contributed by atoms with Crippen LogP contribution in [0.25, 0.3) is 11.4 Å². The summed E-state index contributed by atoms with van der Waals surface area (Å²) in [5.41, 5.74) is 1.47. The van der Waals surface area contributed by atoms with Crippen molar-refractivity contribution in [2.75, 3.05) is 25.3 Å². The van der Waals surface area contributed by atoms with Gasteiger partial charge < -0.3 is 14.8 Å². The van der Waals surface area contributed by atoms with Gasteiger partial charge >= 0.3 is 5.97 Å². The molecule has 8 nitrogen and oxygen atoms in total. The second kappa shape index (κ2) is 10.4. The lowest BCUT2D eigenvalue weighted by Crippen LogP contribution is -2.17. The Balaban J connectivity index is 1.77. The first-order chi connectivity index (χ1) is 15.1. The van der Waals surface area contributed by atoms with Crippen LogP contribution in [0, 0.1) is 0 Å². The maximum absolute atomic E-state index is 12.5. The van der Waals surface area contributed by atoms with Crippen LogP contribution in [0.1, 0.15) is 10.4 Å². The summed E-state index contributed by atoms with van der Waals surface area (Å²) >= 11 is 1.24. The van der Waals surface area contributed by atoms with Crippen LogP contribution in [0.4, 0.5) is 5.69 Å². The number of carbonyl (C=O) groups is 2. The smallest absolute Gasteiger partial charge is 0.339 e. The average molecular weight is 439 g/mol. The summed E-state index contributed by atoms with van der Waals surface area (Å²) in [6.07, 6.45) is 1.74. The first-order valence-electron chi connectivity index (χ1n) is 9.36. The third-order valence-electron chi connectivity index (χ3n) is 4.32. The topological polar surface area (TPSA) is 95.3 Å².